The average molecular weight is 399 g/mol. The topological polar surface area (TPSA) is 47.1 Å². The van der Waals surface area contributed by atoms with Crippen LogP contribution in [-0.4, -0.2) is 96.9 Å². The van der Waals surface area contributed by atoms with Crippen LogP contribution in [0.4, 0.5) is 0 Å². The second-order valence-corrected chi connectivity index (χ2v) is 7.48. The Hall–Kier alpha value is -1.14. The van der Waals surface area contributed by atoms with Gasteiger partial charge in [-0.3, -0.25) is 9.59 Å². The van der Waals surface area contributed by atoms with E-state index in [0.29, 0.717) is 0 Å². The lowest BCUT2D eigenvalue weighted by Gasteiger charge is -2.25. The zero-order valence-electron chi connectivity index (χ0n) is 19.5. The highest BCUT2D eigenvalue weighted by Crippen LogP contribution is 2.03. The lowest BCUT2D eigenvalue weighted by Crippen LogP contribution is -2.34. The molecule has 0 spiro atoms. The molecule has 0 radical (unpaired) electrons. The number of hydrogen-bond acceptors (Lipinski definition) is 4. The van der Waals surface area contributed by atoms with Crippen LogP contribution in [0.15, 0.2) is 0 Å². The molecule has 6 heteroatoms. The van der Waals surface area contributed by atoms with E-state index in [-0.39, 0.29) is 11.8 Å². The van der Waals surface area contributed by atoms with E-state index in [4.69, 9.17) is 0 Å². The molecule has 0 saturated carbocycles. The van der Waals surface area contributed by atoms with Gasteiger partial charge in [0, 0.05) is 40.0 Å². The van der Waals surface area contributed by atoms with Crippen molar-refractivity contribution in [1.82, 2.24) is 19.6 Å². The highest BCUT2D eigenvalue weighted by molar-refractivity contribution is 5.73. The summed E-state index contributed by atoms with van der Waals surface area (Å²) in [5, 5.41) is 0. The molecule has 0 unspecified atom stereocenters. The minimum Gasteiger partial charge on any atom is -0.343 e. The van der Waals surface area contributed by atoms with Gasteiger partial charge in [0.2, 0.25) is 11.8 Å². The molecule has 0 aromatic heterocycles. The van der Waals surface area contributed by atoms with Crippen molar-refractivity contribution >= 4 is 11.8 Å². The molecule has 0 aliphatic rings. The van der Waals surface area contributed by atoms with E-state index in [1.807, 2.05) is 23.6 Å². The fraction of sp³-hybridized carbons (Fsp3) is 0.909. The van der Waals surface area contributed by atoms with Gasteiger partial charge in [0.1, 0.15) is 0 Å². The van der Waals surface area contributed by atoms with Gasteiger partial charge < -0.3 is 19.6 Å². The Balaban J connectivity index is 3.98. The molecule has 0 aliphatic heterocycles. The summed E-state index contributed by atoms with van der Waals surface area (Å²) in [6, 6.07) is 0. The zero-order chi connectivity index (χ0) is 21.4. The van der Waals surface area contributed by atoms with E-state index < -0.39 is 0 Å². The lowest BCUT2D eigenvalue weighted by atomic mass is 10.2. The van der Waals surface area contributed by atoms with Crippen LogP contribution in [-0.2, 0) is 9.59 Å². The Labute approximate surface area is 174 Å². The summed E-state index contributed by atoms with van der Waals surface area (Å²) in [7, 11) is 0. The number of nitrogens with zero attached hydrogens (tertiary/aromatic N) is 4. The Bertz CT molecular complexity index is 379. The van der Waals surface area contributed by atoms with E-state index in [1.165, 1.54) is 12.8 Å². The molecule has 0 aromatic carbocycles. The molecule has 0 aromatic rings. The molecular weight excluding hydrogens is 352 g/mol. The zero-order valence-corrected chi connectivity index (χ0v) is 19.5. The molecule has 2 amide bonds. The molecule has 6 nitrogen and oxygen atoms in total. The van der Waals surface area contributed by atoms with Crippen LogP contribution >= 0.6 is 0 Å². The van der Waals surface area contributed by atoms with Crippen molar-refractivity contribution in [3.05, 3.63) is 0 Å². The molecule has 0 N–H and O–H groups in total. The second-order valence-electron chi connectivity index (χ2n) is 7.48. The van der Waals surface area contributed by atoms with Crippen molar-refractivity contribution in [3.8, 4) is 0 Å². The van der Waals surface area contributed by atoms with Crippen LogP contribution in [0, 0.1) is 0 Å². The first-order valence-electron chi connectivity index (χ1n) is 11.3. The summed E-state index contributed by atoms with van der Waals surface area (Å²) in [5.41, 5.74) is 0. The predicted molar refractivity (Wildman–Crippen MR) is 119 cm³/mol. The first-order valence-corrected chi connectivity index (χ1v) is 11.3. The maximum Gasteiger partial charge on any atom is 0.219 e. The fourth-order valence-corrected chi connectivity index (χ4v) is 3.57. The first-order chi connectivity index (χ1) is 13.4. The molecule has 0 saturated heterocycles. The molecule has 28 heavy (non-hydrogen) atoms. The van der Waals surface area contributed by atoms with Crippen LogP contribution in [0.5, 0.6) is 0 Å². The van der Waals surface area contributed by atoms with Crippen LogP contribution in [0.25, 0.3) is 0 Å². The second kappa shape index (κ2) is 16.8. The maximum atomic E-state index is 11.5. The van der Waals surface area contributed by atoms with Gasteiger partial charge in [-0.2, -0.15) is 0 Å². The highest BCUT2D eigenvalue weighted by atomic mass is 16.2. The monoisotopic (exact) mass is 398 g/mol. The molecule has 0 atom stereocenters. The maximum absolute atomic E-state index is 11.5. The Morgan fingerprint density at radius 3 is 1.07 bits per heavy atom. The van der Waals surface area contributed by atoms with Crippen molar-refractivity contribution in [2.45, 2.75) is 67.2 Å². The molecule has 0 bridgehead atoms. The van der Waals surface area contributed by atoms with Crippen LogP contribution in [0.1, 0.15) is 67.2 Å². The number of carbonyl (C=O) groups is 2. The van der Waals surface area contributed by atoms with Crippen molar-refractivity contribution in [1.29, 1.82) is 0 Å². The number of rotatable bonds is 17. The van der Waals surface area contributed by atoms with E-state index in [2.05, 4.69) is 23.6 Å². The van der Waals surface area contributed by atoms with Gasteiger partial charge in [-0.25, -0.2) is 0 Å². The van der Waals surface area contributed by atoms with Gasteiger partial charge in [0.05, 0.1) is 0 Å². The van der Waals surface area contributed by atoms with E-state index in [9.17, 15) is 9.59 Å². The molecule has 0 fully saturated rings. The largest absolute Gasteiger partial charge is 0.343 e. The third-order valence-corrected chi connectivity index (χ3v) is 5.55. The van der Waals surface area contributed by atoms with Crippen LogP contribution in [0.3, 0.4) is 0 Å². The third kappa shape index (κ3) is 12.3. The van der Waals surface area contributed by atoms with Crippen molar-refractivity contribution in [3.63, 3.8) is 0 Å². The van der Waals surface area contributed by atoms with E-state index in [1.54, 1.807) is 13.8 Å². The Kier molecular flexibility index (Phi) is 16.1. The van der Waals surface area contributed by atoms with Gasteiger partial charge in [-0.1, -0.05) is 13.8 Å². The minimum absolute atomic E-state index is 0.176. The SMILES string of the molecule is CCN(CCCCN(CC)CCCN(CC)C(C)=O)CCCN(CC)C(C)=O. The van der Waals surface area contributed by atoms with Gasteiger partial charge in [0.15, 0.2) is 0 Å². The molecular formula is C22H46N4O2. The van der Waals surface area contributed by atoms with Gasteiger partial charge in [-0.05, 0) is 78.8 Å². The molecule has 0 rings (SSSR count). The van der Waals surface area contributed by atoms with Gasteiger partial charge in [-0.15, -0.1) is 0 Å². The van der Waals surface area contributed by atoms with Gasteiger partial charge in [0.25, 0.3) is 0 Å². The van der Waals surface area contributed by atoms with Gasteiger partial charge >= 0.3 is 0 Å². The Morgan fingerprint density at radius 1 is 0.500 bits per heavy atom. The summed E-state index contributed by atoms with van der Waals surface area (Å²) in [6.45, 7) is 21.7. The summed E-state index contributed by atoms with van der Waals surface area (Å²) >= 11 is 0. The molecule has 166 valence electrons. The summed E-state index contributed by atoms with van der Waals surface area (Å²) in [6.07, 6.45) is 4.52. The van der Waals surface area contributed by atoms with Crippen molar-refractivity contribution < 1.29 is 9.59 Å². The molecule has 0 aliphatic carbocycles. The van der Waals surface area contributed by atoms with Crippen LogP contribution in [0.2, 0.25) is 0 Å². The smallest absolute Gasteiger partial charge is 0.219 e. The third-order valence-electron chi connectivity index (χ3n) is 5.55. The van der Waals surface area contributed by atoms with E-state index in [0.717, 1.165) is 78.3 Å². The lowest BCUT2D eigenvalue weighted by molar-refractivity contribution is -0.129. The standard InChI is InChI=1S/C22H46N4O2/c1-7-23(17-13-19-25(9-3)21(5)27)15-11-12-16-24(8-2)18-14-20-26(10-4)22(6)28/h7-20H2,1-6H3. The van der Waals surface area contributed by atoms with Crippen molar-refractivity contribution in [2.75, 3.05) is 65.4 Å². The number of unbranched alkanes of at least 4 members (excludes halogenated alkanes) is 1. The highest BCUT2D eigenvalue weighted by Gasteiger charge is 2.09. The predicted octanol–water partition coefficient (Wildman–Crippen LogP) is 2.93. The fourth-order valence-electron chi connectivity index (χ4n) is 3.57. The Morgan fingerprint density at radius 2 is 0.821 bits per heavy atom. The summed E-state index contributed by atoms with van der Waals surface area (Å²) in [5.74, 6) is 0.353. The summed E-state index contributed by atoms with van der Waals surface area (Å²) < 4.78 is 0. The number of hydrogen-bond donors (Lipinski definition) is 0. The molecule has 0 heterocycles. The number of amides is 2. The quantitative estimate of drug-likeness (QED) is 0.354. The number of carbonyl (C=O) groups excluding carboxylic acids is 2. The average Bonchev–Trinajstić information content (AvgIpc) is 2.67. The van der Waals surface area contributed by atoms with E-state index >= 15 is 0 Å². The van der Waals surface area contributed by atoms with Crippen LogP contribution < -0.4 is 0 Å². The first kappa shape index (κ1) is 26.9. The normalized spacial score (nSPS) is 11.3. The summed E-state index contributed by atoms with van der Waals surface area (Å²) in [4.78, 5) is 31.8. The van der Waals surface area contributed by atoms with Crippen molar-refractivity contribution in [2.24, 2.45) is 0 Å². The minimum atomic E-state index is 0.176.